The molecule has 0 fully saturated rings. The Morgan fingerprint density at radius 2 is 1.79 bits per heavy atom. The van der Waals surface area contributed by atoms with Gasteiger partial charge >= 0.3 is 5.69 Å². The monoisotopic (exact) mass is 394 g/mol. The van der Waals surface area contributed by atoms with E-state index in [-0.39, 0.29) is 17.4 Å². The molecule has 0 saturated heterocycles. The summed E-state index contributed by atoms with van der Waals surface area (Å²) in [6, 6.07) is 13.1. The summed E-state index contributed by atoms with van der Waals surface area (Å²) in [6.45, 7) is 4.60. The number of H-pyrrole nitrogens is 1. The third-order valence-corrected chi connectivity index (χ3v) is 4.93. The quantitative estimate of drug-likeness (QED) is 0.643. The van der Waals surface area contributed by atoms with Crippen LogP contribution in [0.4, 0.5) is 11.5 Å². The SMILES string of the molecule is CCCCN(C(=O)c1cccc2ccccc12)c1c(N)n(CCC)c(=O)[nH]c1=O. The number of carbonyl (C=O) groups excluding carboxylic acids is 1. The van der Waals surface area contributed by atoms with Crippen LogP contribution in [0.1, 0.15) is 43.5 Å². The molecular weight excluding hydrogens is 368 g/mol. The van der Waals surface area contributed by atoms with Crippen molar-refractivity contribution < 1.29 is 4.79 Å². The van der Waals surface area contributed by atoms with Gasteiger partial charge in [0, 0.05) is 18.7 Å². The summed E-state index contributed by atoms with van der Waals surface area (Å²) < 4.78 is 1.31. The predicted octanol–water partition coefficient (Wildman–Crippen LogP) is 3.13. The molecule has 0 saturated carbocycles. The minimum atomic E-state index is -0.649. The Bertz CT molecular complexity index is 1140. The standard InChI is InChI=1S/C22H26N4O3/c1-3-5-14-25(18-19(23)26(13-4-2)22(29)24-20(18)27)21(28)17-12-8-10-15-9-6-7-11-16(15)17/h6-12H,3-5,13-14,23H2,1-2H3,(H,24,27,29). The van der Waals surface area contributed by atoms with Crippen LogP contribution in [0.5, 0.6) is 0 Å². The minimum absolute atomic E-state index is 0.0188. The highest BCUT2D eigenvalue weighted by atomic mass is 16.2. The largest absolute Gasteiger partial charge is 0.383 e. The number of unbranched alkanes of at least 4 members (excludes halogenated alkanes) is 1. The van der Waals surface area contributed by atoms with E-state index >= 15 is 0 Å². The number of rotatable bonds is 7. The van der Waals surface area contributed by atoms with Crippen LogP contribution in [0.2, 0.25) is 0 Å². The number of aromatic nitrogens is 2. The fraction of sp³-hybridized carbons (Fsp3) is 0.318. The maximum atomic E-state index is 13.6. The average Bonchev–Trinajstić information content (AvgIpc) is 2.72. The number of hydrogen-bond acceptors (Lipinski definition) is 4. The fourth-order valence-electron chi connectivity index (χ4n) is 3.47. The third kappa shape index (κ3) is 3.94. The smallest absolute Gasteiger partial charge is 0.330 e. The summed E-state index contributed by atoms with van der Waals surface area (Å²) in [7, 11) is 0. The van der Waals surface area contributed by atoms with Crippen molar-refractivity contribution in [2.75, 3.05) is 17.2 Å². The Morgan fingerprint density at radius 3 is 2.52 bits per heavy atom. The van der Waals surface area contributed by atoms with Crippen LogP contribution in [-0.2, 0) is 6.54 Å². The lowest BCUT2D eigenvalue weighted by Gasteiger charge is -2.25. The molecule has 0 radical (unpaired) electrons. The molecule has 2 aromatic carbocycles. The molecule has 0 unspecified atom stereocenters. The highest BCUT2D eigenvalue weighted by molar-refractivity contribution is 6.14. The number of carbonyl (C=O) groups is 1. The molecule has 152 valence electrons. The molecule has 29 heavy (non-hydrogen) atoms. The molecule has 7 nitrogen and oxygen atoms in total. The van der Waals surface area contributed by atoms with Crippen molar-refractivity contribution in [3.8, 4) is 0 Å². The Kier molecular flexibility index (Phi) is 6.16. The maximum absolute atomic E-state index is 13.6. The van der Waals surface area contributed by atoms with Gasteiger partial charge in [-0.2, -0.15) is 0 Å². The normalized spacial score (nSPS) is 11.0. The number of benzene rings is 2. The van der Waals surface area contributed by atoms with Gasteiger partial charge in [-0.1, -0.05) is 56.7 Å². The highest BCUT2D eigenvalue weighted by Gasteiger charge is 2.25. The van der Waals surface area contributed by atoms with Crippen molar-refractivity contribution >= 4 is 28.2 Å². The zero-order valence-corrected chi connectivity index (χ0v) is 16.8. The topological polar surface area (TPSA) is 101 Å². The number of anilines is 2. The van der Waals surface area contributed by atoms with Gasteiger partial charge in [-0.3, -0.25) is 19.1 Å². The van der Waals surface area contributed by atoms with Crippen molar-refractivity contribution in [3.05, 3.63) is 68.9 Å². The van der Waals surface area contributed by atoms with Gasteiger partial charge in [0.05, 0.1) is 0 Å². The van der Waals surface area contributed by atoms with Crippen LogP contribution in [0, 0.1) is 0 Å². The number of amides is 1. The van der Waals surface area contributed by atoms with Crippen LogP contribution in [0.15, 0.2) is 52.1 Å². The second kappa shape index (κ2) is 8.77. The molecule has 1 aromatic heterocycles. The van der Waals surface area contributed by atoms with E-state index in [1.807, 2.05) is 50.2 Å². The van der Waals surface area contributed by atoms with Gasteiger partial charge in [-0.15, -0.1) is 0 Å². The summed E-state index contributed by atoms with van der Waals surface area (Å²) in [5.41, 5.74) is 5.53. The Morgan fingerprint density at radius 1 is 1.07 bits per heavy atom. The first-order valence-corrected chi connectivity index (χ1v) is 9.91. The van der Waals surface area contributed by atoms with E-state index < -0.39 is 11.2 Å². The molecule has 0 spiro atoms. The van der Waals surface area contributed by atoms with Crippen molar-refractivity contribution in [2.24, 2.45) is 0 Å². The van der Waals surface area contributed by atoms with Crippen LogP contribution in [-0.4, -0.2) is 22.0 Å². The van der Waals surface area contributed by atoms with Crippen molar-refractivity contribution in [1.82, 2.24) is 9.55 Å². The maximum Gasteiger partial charge on any atom is 0.330 e. The van der Waals surface area contributed by atoms with Gasteiger partial charge in [0.15, 0.2) is 5.69 Å². The number of hydrogen-bond donors (Lipinski definition) is 2. The van der Waals surface area contributed by atoms with Crippen LogP contribution in [0.25, 0.3) is 10.8 Å². The average molecular weight is 394 g/mol. The number of fused-ring (bicyclic) bond motifs is 1. The predicted molar refractivity (Wildman–Crippen MR) is 117 cm³/mol. The summed E-state index contributed by atoms with van der Waals surface area (Å²) in [6.07, 6.45) is 2.20. The van der Waals surface area contributed by atoms with E-state index in [0.717, 1.165) is 17.2 Å². The van der Waals surface area contributed by atoms with E-state index in [1.165, 1.54) is 9.47 Å². The van der Waals surface area contributed by atoms with E-state index in [2.05, 4.69) is 4.98 Å². The summed E-state index contributed by atoms with van der Waals surface area (Å²) >= 11 is 0. The second-order valence-corrected chi connectivity index (χ2v) is 6.98. The van der Waals surface area contributed by atoms with Gasteiger partial charge in [0.25, 0.3) is 11.5 Å². The summed E-state index contributed by atoms with van der Waals surface area (Å²) in [5, 5.41) is 1.74. The molecule has 3 rings (SSSR count). The second-order valence-electron chi connectivity index (χ2n) is 6.98. The molecule has 0 bridgehead atoms. The molecule has 3 N–H and O–H groups in total. The zero-order chi connectivity index (χ0) is 21.0. The first kappa shape index (κ1) is 20.4. The highest BCUT2D eigenvalue weighted by Crippen LogP contribution is 2.24. The van der Waals surface area contributed by atoms with Gasteiger partial charge in [-0.05, 0) is 29.7 Å². The first-order valence-electron chi connectivity index (χ1n) is 9.91. The molecule has 0 aliphatic heterocycles. The molecule has 3 aromatic rings. The lowest BCUT2D eigenvalue weighted by atomic mass is 10.0. The van der Waals surface area contributed by atoms with Gasteiger partial charge in [0.1, 0.15) is 5.82 Å². The van der Waals surface area contributed by atoms with Crippen molar-refractivity contribution in [2.45, 2.75) is 39.7 Å². The summed E-state index contributed by atoms with van der Waals surface area (Å²) in [5.74, 6) is -0.292. The molecule has 0 aliphatic carbocycles. The lowest BCUT2D eigenvalue weighted by molar-refractivity contribution is 0.0988. The molecule has 7 heteroatoms. The first-order chi connectivity index (χ1) is 14.0. The van der Waals surface area contributed by atoms with Crippen LogP contribution in [0.3, 0.4) is 0 Å². The number of nitrogens with one attached hydrogen (secondary N) is 1. The molecular formula is C22H26N4O3. The van der Waals surface area contributed by atoms with Crippen LogP contribution >= 0.6 is 0 Å². The van der Waals surface area contributed by atoms with Gasteiger partial charge in [-0.25, -0.2) is 4.79 Å². The Hall–Kier alpha value is -3.35. The lowest BCUT2D eigenvalue weighted by Crippen LogP contribution is -2.41. The number of nitrogens with zero attached hydrogens (tertiary/aromatic N) is 2. The third-order valence-electron chi connectivity index (χ3n) is 4.93. The summed E-state index contributed by atoms with van der Waals surface area (Å²) in [4.78, 5) is 42.1. The Labute approximate surface area is 168 Å². The van der Waals surface area contributed by atoms with E-state index in [4.69, 9.17) is 5.73 Å². The molecule has 0 aliphatic rings. The molecule has 0 atom stereocenters. The van der Waals surface area contributed by atoms with Crippen LogP contribution < -0.4 is 21.9 Å². The zero-order valence-electron chi connectivity index (χ0n) is 16.8. The number of nitrogen functional groups attached to an aromatic ring is 1. The van der Waals surface area contributed by atoms with Crippen molar-refractivity contribution in [3.63, 3.8) is 0 Å². The number of nitrogens with two attached hydrogens (primary N) is 1. The minimum Gasteiger partial charge on any atom is -0.383 e. The van der Waals surface area contributed by atoms with E-state index in [9.17, 15) is 14.4 Å². The van der Waals surface area contributed by atoms with Gasteiger partial charge < -0.3 is 10.6 Å². The fourth-order valence-corrected chi connectivity index (χ4v) is 3.47. The molecule has 1 amide bonds. The molecule has 1 heterocycles. The van der Waals surface area contributed by atoms with Gasteiger partial charge in [0.2, 0.25) is 0 Å². The van der Waals surface area contributed by atoms with E-state index in [0.29, 0.717) is 31.5 Å². The van der Waals surface area contributed by atoms with E-state index in [1.54, 1.807) is 6.07 Å². The van der Waals surface area contributed by atoms with Crippen molar-refractivity contribution in [1.29, 1.82) is 0 Å². The Balaban J connectivity index is 2.19. The number of aromatic amines is 1.